The van der Waals surface area contributed by atoms with Crippen molar-refractivity contribution in [3.05, 3.63) is 65.0 Å². The minimum atomic E-state index is -0.287. The molecule has 0 saturated carbocycles. The van der Waals surface area contributed by atoms with Crippen molar-refractivity contribution in [1.29, 1.82) is 0 Å². The van der Waals surface area contributed by atoms with Gasteiger partial charge in [-0.25, -0.2) is 0 Å². The van der Waals surface area contributed by atoms with Gasteiger partial charge >= 0.3 is 0 Å². The molecule has 2 N–H and O–H groups in total. The Hall–Kier alpha value is -3.85. The average molecular weight is 558 g/mol. The molecular weight excluding hydrogens is 514 g/mol. The number of hydrogen-bond donors (Lipinski definition) is 2. The van der Waals surface area contributed by atoms with Crippen LogP contribution in [0.3, 0.4) is 0 Å². The number of pyridine rings is 2. The van der Waals surface area contributed by atoms with Crippen molar-refractivity contribution in [1.82, 2.24) is 24.6 Å². The number of amides is 2. The summed E-state index contributed by atoms with van der Waals surface area (Å²) < 4.78 is 1.98. The van der Waals surface area contributed by atoms with Crippen LogP contribution in [-0.4, -0.2) is 55.1 Å². The van der Waals surface area contributed by atoms with Gasteiger partial charge in [-0.3, -0.25) is 29.1 Å². The predicted octanol–water partition coefficient (Wildman–Crippen LogP) is 6.11. The van der Waals surface area contributed by atoms with Crippen molar-refractivity contribution in [3.63, 3.8) is 0 Å². The van der Waals surface area contributed by atoms with E-state index in [0.29, 0.717) is 29.2 Å². The molecule has 1 aliphatic rings. The summed E-state index contributed by atoms with van der Waals surface area (Å²) in [4.78, 5) is 37.1. The number of nitrogens with zero attached hydrogens (tertiary/aromatic N) is 5. The number of aryl methyl sites for hydroxylation is 3. The Kier molecular flexibility index (Phi) is 9.70. The highest BCUT2D eigenvalue weighted by molar-refractivity contribution is 6.05. The van der Waals surface area contributed by atoms with Gasteiger partial charge in [0.1, 0.15) is 0 Å². The second-order valence-electron chi connectivity index (χ2n) is 11.5. The summed E-state index contributed by atoms with van der Waals surface area (Å²) in [6.07, 6.45) is 14.5. The maximum absolute atomic E-state index is 13.3. The second-order valence-corrected chi connectivity index (χ2v) is 11.5. The van der Waals surface area contributed by atoms with Crippen LogP contribution in [0.5, 0.6) is 0 Å². The van der Waals surface area contributed by atoms with Crippen LogP contribution in [0, 0.1) is 13.8 Å². The third kappa shape index (κ3) is 7.67. The summed E-state index contributed by atoms with van der Waals surface area (Å²) in [5.41, 5.74) is 6.15. The van der Waals surface area contributed by atoms with Crippen molar-refractivity contribution in [2.45, 2.75) is 85.7 Å². The van der Waals surface area contributed by atoms with Crippen LogP contribution >= 0.6 is 0 Å². The second kappa shape index (κ2) is 13.2. The van der Waals surface area contributed by atoms with E-state index in [-0.39, 0.29) is 17.4 Å². The van der Waals surface area contributed by atoms with Gasteiger partial charge in [-0.1, -0.05) is 20.3 Å². The van der Waals surface area contributed by atoms with E-state index in [4.69, 9.17) is 0 Å². The zero-order chi connectivity index (χ0) is 29.6. The molecule has 1 saturated heterocycles. The summed E-state index contributed by atoms with van der Waals surface area (Å²) in [5, 5.41) is 10.4. The van der Waals surface area contributed by atoms with Crippen molar-refractivity contribution in [3.8, 4) is 0 Å². The van der Waals surface area contributed by atoms with Crippen LogP contribution < -0.4 is 10.6 Å². The Morgan fingerprint density at radius 2 is 1.80 bits per heavy atom. The molecule has 0 atom stereocenters. The van der Waals surface area contributed by atoms with Gasteiger partial charge in [0, 0.05) is 35.7 Å². The standard InChI is InChI=1S/C32H43N7O2/c1-7-9-13-39-20-27(18-35-39)24(8-2)14-25-15-26(17-33-22(25)3)31(41)37-29-16-28(19-34-23(29)4)36-30(40)21-38-12-10-11-32(38,5)6/h14-20H,7-13,21H2,1-6H3,(H,36,40)(H,37,41)/b24-14+. The van der Waals surface area contributed by atoms with Gasteiger partial charge in [0.2, 0.25) is 5.91 Å². The van der Waals surface area contributed by atoms with Gasteiger partial charge in [-0.2, -0.15) is 5.10 Å². The average Bonchev–Trinajstić information content (AvgIpc) is 3.54. The highest BCUT2D eigenvalue weighted by Gasteiger charge is 2.32. The molecule has 1 fully saturated rings. The molecule has 0 aliphatic carbocycles. The Bertz CT molecular complexity index is 1420. The molecule has 2 amide bonds. The fourth-order valence-corrected chi connectivity index (χ4v) is 5.12. The quantitative estimate of drug-likeness (QED) is 0.295. The largest absolute Gasteiger partial charge is 0.324 e. The summed E-state index contributed by atoms with van der Waals surface area (Å²) in [6.45, 7) is 14.5. The Labute approximate surface area is 243 Å². The summed E-state index contributed by atoms with van der Waals surface area (Å²) in [6, 6.07) is 3.61. The molecule has 0 unspecified atom stereocenters. The maximum atomic E-state index is 13.3. The molecule has 1 aliphatic heterocycles. The van der Waals surface area contributed by atoms with Crippen LogP contribution in [0.4, 0.5) is 11.4 Å². The maximum Gasteiger partial charge on any atom is 0.257 e. The fourth-order valence-electron chi connectivity index (χ4n) is 5.12. The molecule has 0 radical (unpaired) electrons. The van der Waals surface area contributed by atoms with Crippen LogP contribution in [0.1, 0.15) is 92.7 Å². The first-order chi connectivity index (χ1) is 19.6. The fraction of sp³-hybridized carbons (Fsp3) is 0.469. The molecule has 9 nitrogen and oxygen atoms in total. The van der Waals surface area contributed by atoms with E-state index in [2.05, 4.69) is 70.6 Å². The van der Waals surface area contributed by atoms with Gasteiger partial charge in [-0.15, -0.1) is 0 Å². The lowest BCUT2D eigenvalue weighted by Crippen LogP contribution is -2.42. The van der Waals surface area contributed by atoms with Crippen LogP contribution in [0.25, 0.3) is 11.6 Å². The highest BCUT2D eigenvalue weighted by Crippen LogP contribution is 2.28. The summed E-state index contributed by atoms with van der Waals surface area (Å²) in [7, 11) is 0. The van der Waals surface area contributed by atoms with Crippen LogP contribution in [-0.2, 0) is 11.3 Å². The molecule has 3 aromatic heterocycles. The minimum absolute atomic E-state index is 0.0205. The molecule has 4 rings (SSSR count). The molecule has 0 aromatic carbocycles. The molecule has 0 bridgehead atoms. The van der Waals surface area contributed by atoms with E-state index in [1.165, 1.54) is 0 Å². The van der Waals surface area contributed by atoms with Crippen molar-refractivity contribution in [2.24, 2.45) is 0 Å². The van der Waals surface area contributed by atoms with Gasteiger partial charge in [-0.05, 0) is 89.3 Å². The number of rotatable bonds is 11. The first-order valence-corrected chi connectivity index (χ1v) is 14.6. The minimum Gasteiger partial charge on any atom is -0.324 e. The van der Waals surface area contributed by atoms with Crippen LogP contribution in [0.2, 0.25) is 0 Å². The predicted molar refractivity (Wildman–Crippen MR) is 165 cm³/mol. The molecule has 218 valence electrons. The Morgan fingerprint density at radius 1 is 1.02 bits per heavy atom. The lowest BCUT2D eigenvalue weighted by Gasteiger charge is -2.30. The summed E-state index contributed by atoms with van der Waals surface area (Å²) in [5.74, 6) is -0.380. The van der Waals surface area contributed by atoms with Crippen molar-refractivity contribution in [2.75, 3.05) is 23.7 Å². The molecule has 4 heterocycles. The Morgan fingerprint density at radius 3 is 2.51 bits per heavy atom. The normalized spacial score (nSPS) is 15.2. The molecular formula is C32H43N7O2. The third-order valence-corrected chi connectivity index (χ3v) is 7.87. The van der Waals surface area contributed by atoms with Crippen LogP contribution in [0.15, 0.2) is 36.9 Å². The zero-order valence-corrected chi connectivity index (χ0v) is 25.3. The molecule has 0 spiro atoms. The lowest BCUT2D eigenvalue weighted by molar-refractivity contribution is -0.118. The van der Waals surface area contributed by atoms with E-state index in [9.17, 15) is 9.59 Å². The van der Waals surface area contributed by atoms with Gasteiger partial charge in [0.25, 0.3) is 5.91 Å². The topological polar surface area (TPSA) is 105 Å². The van der Waals surface area contributed by atoms with E-state index in [0.717, 1.165) is 67.6 Å². The van der Waals surface area contributed by atoms with Crippen molar-refractivity contribution < 1.29 is 9.59 Å². The van der Waals surface area contributed by atoms with Gasteiger partial charge in [0.15, 0.2) is 0 Å². The number of nitrogens with one attached hydrogen (secondary N) is 2. The smallest absolute Gasteiger partial charge is 0.257 e. The molecule has 41 heavy (non-hydrogen) atoms. The van der Waals surface area contributed by atoms with E-state index in [1.54, 1.807) is 18.5 Å². The lowest BCUT2D eigenvalue weighted by atomic mass is 10.0. The van der Waals surface area contributed by atoms with Crippen molar-refractivity contribution >= 4 is 34.8 Å². The molecule has 9 heteroatoms. The Balaban J connectivity index is 1.47. The zero-order valence-electron chi connectivity index (χ0n) is 25.3. The van der Waals surface area contributed by atoms with E-state index >= 15 is 0 Å². The number of anilines is 2. The number of carbonyl (C=O) groups is 2. The van der Waals surface area contributed by atoms with E-state index in [1.807, 2.05) is 30.8 Å². The van der Waals surface area contributed by atoms with Gasteiger partial charge in [0.05, 0.1) is 41.6 Å². The highest BCUT2D eigenvalue weighted by atomic mass is 16.2. The number of hydrogen-bond acceptors (Lipinski definition) is 6. The van der Waals surface area contributed by atoms with Gasteiger partial charge < -0.3 is 10.6 Å². The SMILES string of the molecule is CCCCn1cc(/C(=C/c2cc(C(=O)Nc3cc(NC(=O)CN4CCCC4(C)C)cnc3C)cnc2C)CC)cn1. The number of unbranched alkanes of at least 4 members (excludes halogenated alkanes) is 1. The number of likely N-dealkylation sites (tertiary alicyclic amines) is 1. The number of carbonyl (C=O) groups excluding carboxylic acids is 2. The third-order valence-electron chi connectivity index (χ3n) is 7.87. The molecule has 3 aromatic rings. The monoisotopic (exact) mass is 557 g/mol. The number of aromatic nitrogens is 4. The summed E-state index contributed by atoms with van der Waals surface area (Å²) >= 11 is 0. The van der Waals surface area contributed by atoms with E-state index < -0.39 is 0 Å². The first-order valence-electron chi connectivity index (χ1n) is 14.6. The number of allylic oxidation sites excluding steroid dienone is 1. The first kappa shape index (κ1) is 30.1.